The van der Waals surface area contributed by atoms with Gasteiger partial charge < -0.3 is 9.88 Å². The fraction of sp³-hybridized carbons (Fsp3) is 0.231. The lowest BCUT2D eigenvalue weighted by molar-refractivity contribution is 0.101. The van der Waals surface area contributed by atoms with Crippen LogP contribution in [-0.4, -0.2) is 20.8 Å². The fourth-order valence-electron chi connectivity index (χ4n) is 1.63. The molecule has 0 spiro atoms. The summed E-state index contributed by atoms with van der Waals surface area (Å²) < 4.78 is 1.69. The van der Waals surface area contributed by atoms with Crippen molar-refractivity contribution in [2.45, 2.75) is 6.42 Å². The molecule has 1 amide bonds. The highest BCUT2D eigenvalue weighted by Gasteiger charge is 2.09. The van der Waals surface area contributed by atoms with Crippen LogP contribution in [0.3, 0.4) is 0 Å². The summed E-state index contributed by atoms with van der Waals surface area (Å²) in [5.74, 6) is -0.150. The summed E-state index contributed by atoms with van der Waals surface area (Å²) in [4.78, 5) is 15.8. The van der Waals surface area contributed by atoms with Gasteiger partial charge in [0.05, 0.1) is 12.5 Å². The van der Waals surface area contributed by atoms with Gasteiger partial charge in [-0.15, -0.1) is 0 Å². The fourth-order valence-corrected chi connectivity index (χ4v) is 2.09. The number of aryl methyl sites for hydroxylation is 2. The lowest BCUT2D eigenvalue weighted by Crippen LogP contribution is -2.15. The third-order valence-corrected chi connectivity index (χ3v) is 3.04. The van der Waals surface area contributed by atoms with Gasteiger partial charge in [-0.3, -0.25) is 4.79 Å². The number of imidazole rings is 1. The zero-order valence-corrected chi connectivity index (χ0v) is 11.6. The number of nitrogens with zero attached hydrogens (tertiary/aromatic N) is 2. The quantitative estimate of drug-likeness (QED) is 0.883. The molecular formula is C13H14BrN3O. The zero-order chi connectivity index (χ0) is 13.0. The number of alkyl halides is 1. The molecule has 4 nitrogen and oxygen atoms in total. The number of anilines is 1. The summed E-state index contributed by atoms with van der Waals surface area (Å²) in [7, 11) is 1.79. The molecule has 2 aromatic rings. The summed E-state index contributed by atoms with van der Waals surface area (Å²) in [6.45, 7) is 0. The number of amides is 1. The lowest BCUT2D eigenvalue weighted by Gasteiger charge is -2.06. The molecule has 5 heteroatoms. The van der Waals surface area contributed by atoms with Crippen LogP contribution in [0.4, 0.5) is 5.69 Å². The van der Waals surface area contributed by atoms with E-state index in [0.717, 1.165) is 17.4 Å². The van der Waals surface area contributed by atoms with E-state index in [9.17, 15) is 4.79 Å². The molecule has 2 rings (SSSR count). The van der Waals surface area contributed by atoms with Crippen molar-refractivity contribution in [1.29, 1.82) is 0 Å². The van der Waals surface area contributed by atoms with E-state index in [1.807, 2.05) is 24.3 Å². The molecule has 1 aromatic carbocycles. The highest BCUT2D eigenvalue weighted by atomic mass is 79.9. The molecule has 0 bridgehead atoms. The second-order valence-electron chi connectivity index (χ2n) is 3.98. The molecule has 1 N–H and O–H groups in total. The Balaban J connectivity index is 2.05. The van der Waals surface area contributed by atoms with Gasteiger partial charge in [0.25, 0.3) is 5.91 Å². The first-order valence-electron chi connectivity index (χ1n) is 5.63. The molecule has 94 valence electrons. The normalized spacial score (nSPS) is 10.3. The van der Waals surface area contributed by atoms with Crippen LogP contribution in [0.5, 0.6) is 0 Å². The number of rotatable bonds is 4. The van der Waals surface area contributed by atoms with E-state index in [1.165, 1.54) is 5.56 Å². The summed E-state index contributed by atoms with van der Waals surface area (Å²) in [6.07, 6.45) is 4.14. The Hall–Kier alpha value is -1.62. The van der Waals surface area contributed by atoms with Gasteiger partial charge in [-0.05, 0) is 24.1 Å². The number of carbonyl (C=O) groups is 1. The maximum absolute atomic E-state index is 11.9. The van der Waals surface area contributed by atoms with E-state index < -0.39 is 0 Å². The average Bonchev–Trinajstić information content (AvgIpc) is 2.78. The second-order valence-corrected chi connectivity index (χ2v) is 4.77. The number of benzene rings is 1. The molecule has 0 atom stereocenters. The third-order valence-electron chi connectivity index (χ3n) is 2.64. The van der Waals surface area contributed by atoms with E-state index in [4.69, 9.17) is 0 Å². The van der Waals surface area contributed by atoms with Crippen molar-refractivity contribution in [2.24, 2.45) is 7.05 Å². The minimum Gasteiger partial charge on any atom is -0.330 e. The van der Waals surface area contributed by atoms with Gasteiger partial charge in [-0.25, -0.2) is 4.98 Å². The standard InChI is InChI=1S/C13H14BrN3O/c1-17-9-15-8-12(17)13(18)16-11-4-2-10(3-5-11)6-7-14/h2-5,8-9H,6-7H2,1H3,(H,16,18). The number of aromatic nitrogens is 2. The number of hydrogen-bond acceptors (Lipinski definition) is 2. The van der Waals surface area contributed by atoms with E-state index in [1.54, 1.807) is 24.1 Å². The van der Waals surface area contributed by atoms with Crippen LogP contribution in [0.2, 0.25) is 0 Å². The lowest BCUT2D eigenvalue weighted by atomic mass is 10.1. The van der Waals surface area contributed by atoms with Crippen LogP contribution in [-0.2, 0) is 13.5 Å². The minimum absolute atomic E-state index is 0.150. The van der Waals surface area contributed by atoms with Crippen LogP contribution in [0.15, 0.2) is 36.8 Å². The summed E-state index contributed by atoms with van der Waals surface area (Å²) >= 11 is 3.40. The van der Waals surface area contributed by atoms with Gasteiger partial charge in [0.15, 0.2) is 0 Å². The predicted molar refractivity (Wildman–Crippen MR) is 75.1 cm³/mol. The maximum atomic E-state index is 11.9. The van der Waals surface area contributed by atoms with Crippen LogP contribution in [0.25, 0.3) is 0 Å². The van der Waals surface area contributed by atoms with Gasteiger partial charge in [-0.1, -0.05) is 28.1 Å². The Bertz CT molecular complexity index is 533. The van der Waals surface area contributed by atoms with E-state index in [2.05, 4.69) is 26.2 Å². The van der Waals surface area contributed by atoms with Crippen molar-refractivity contribution >= 4 is 27.5 Å². The SMILES string of the molecule is Cn1cncc1C(=O)Nc1ccc(CCBr)cc1. The first-order valence-corrected chi connectivity index (χ1v) is 6.75. The van der Waals surface area contributed by atoms with E-state index >= 15 is 0 Å². The molecule has 0 aliphatic carbocycles. The Morgan fingerprint density at radius 3 is 2.67 bits per heavy atom. The van der Waals surface area contributed by atoms with Crippen molar-refractivity contribution in [2.75, 3.05) is 10.6 Å². The van der Waals surface area contributed by atoms with Crippen LogP contribution >= 0.6 is 15.9 Å². The monoisotopic (exact) mass is 307 g/mol. The number of halogens is 1. The van der Waals surface area contributed by atoms with Crippen molar-refractivity contribution in [3.8, 4) is 0 Å². The highest BCUT2D eigenvalue weighted by molar-refractivity contribution is 9.09. The van der Waals surface area contributed by atoms with Gasteiger partial charge >= 0.3 is 0 Å². The summed E-state index contributed by atoms with van der Waals surface area (Å²) in [6, 6.07) is 7.85. The third kappa shape index (κ3) is 2.98. The highest BCUT2D eigenvalue weighted by Crippen LogP contribution is 2.12. The Labute approximate surface area is 114 Å². The van der Waals surface area contributed by atoms with Crippen LogP contribution < -0.4 is 5.32 Å². The molecule has 0 unspecified atom stereocenters. The summed E-state index contributed by atoms with van der Waals surface area (Å²) in [5.41, 5.74) is 2.57. The number of nitrogens with one attached hydrogen (secondary N) is 1. The Kier molecular flexibility index (Phi) is 4.15. The molecule has 0 saturated carbocycles. The number of hydrogen-bond donors (Lipinski definition) is 1. The van der Waals surface area contributed by atoms with Crippen molar-refractivity contribution < 1.29 is 4.79 Å². The Morgan fingerprint density at radius 1 is 1.39 bits per heavy atom. The van der Waals surface area contributed by atoms with Crippen molar-refractivity contribution in [3.05, 3.63) is 48.0 Å². The van der Waals surface area contributed by atoms with Crippen LogP contribution in [0.1, 0.15) is 16.1 Å². The molecule has 1 heterocycles. The maximum Gasteiger partial charge on any atom is 0.273 e. The van der Waals surface area contributed by atoms with Crippen molar-refractivity contribution in [1.82, 2.24) is 9.55 Å². The predicted octanol–water partition coefficient (Wildman–Crippen LogP) is 2.61. The smallest absolute Gasteiger partial charge is 0.273 e. The van der Waals surface area contributed by atoms with Gasteiger partial charge in [0.2, 0.25) is 0 Å². The molecule has 0 saturated heterocycles. The molecule has 0 aliphatic rings. The average molecular weight is 308 g/mol. The zero-order valence-electron chi connectivity index (χ0n) is 10.1. The largest absolute Gasteiger partial charge is 0.330 e. The van der Waals surface area contributed by atoms with Crippen LogP contribution in [0, 0.1) is 0 Å². The first kappa shape index (κ1) is 12.8. The minimum atomic E-state index is -0.150. The van der Waals surface area contributed by atoms with E-state index in [-0.39, 0.29) is 5.91 Å². The van der Waals surface area contributed by atoms with Gasteiger partial charge in [0, 0.05) is 18.1 Å². The van der Waals surface area contributed by atoms with E-state index in [0.29, 0.717) is 5.69 Å². The molecule has 0 radical (unpaired) electrons. The topological polar surface area (TPSA) is 46.9 Å². The Morgan fingerprint density at radius 2 is 2.11 bits per heavy atom. The van der Waals surface area contributed by atoms with Gasteiger partial charge in [-0.2, -0.15) is 0 Å². The molecule has 1 aromatic heterocycles. The second kappa shape index (κ2) is 5.82. The summed E-state index contributed by atoms with van der Waals surface area (Å²) in [5, 5.41) is 3.78. The molecule has 18 heavy (non-hydrogen) atoms. The first-order chi connectivity index (χ1) is 8.70. The molecular weight excluding hydrogens is 294 g/mol. The van der Waals surface area contributed by atoms with Crippen molar-refractivity contribution in [3.63, 3.8) is 0 Å². The number of carbonyl (C=O) groups excluding carboxylic acids is 1. The van der Waals surface area contributed by atoms with Gasteiger partial charge in [0.1, 0.15) is 5.69 Å². The molecule has 0 fully saturated rings. The molecule has 0 aliphatic heterocycles.